The van der Waals surface area contributed by atoms with E-state index in [2.05, 4.69) is 20.7 Å². The van der Waals surface area contributed by atoms with Crippen molar-refractivity contribution in [3.63, 3.8) is 0 Å². The minimum absolute atomic E-state index is 0.0879. The molecule has 0 bridgehead atoms. The summed E-state index contributed by atoms with van der Waals surface area (Å²) in [5.74, 6) is 0.108. The maximum absolute atomic E-state index is 11.6. The third-order valence-corrected chi connectivity index (χ3v) is 2.68. The van der Waals surface area contributed by atoms with Crippen LogP contribution in [0.1, 0.15) is 27.7 Å². The molecule has 112 valence electrons. The van der Waals surface area contributed by atoms with Gasteiger partial charge in [-0.05, 0) is 13.0 Å². The fourth-order valence-electron chi connectivity index (χ4n) is 1.70. The largest absolute Gasteiger partial charge is 0.478 e. The van der Waals surface area contributed by atoms with Crippen LogP contribution in [-0.2, 0) is 20.1 Å². The Morgan fingerprint density at radius 2 is 2.10 bits per heavy atom. The first-order valence-corrected chi connectivity index (χ1v) is 6.14. The van der Waals surface area contributed by atoms with Crippen molar-refractivity contribution in [1.82, 2.24) is 25.4 Å². The van der Waals surface area contributed by atoms with Crippen LogP contribution in [0.25, 0.3) is 0 Å². The molecule has 2 amide bonds. The summed E-state index contributed by atoms with van der Waals surface area (Å²) in [4.78, 5) is 26.4. The number of carbonyl (C=O) groups is 2. The van der Waals surface area contributed by atoms with Gasteiger partial charge in [0.15, 0.2) is 5.82 Å². The smallest absolute Gasteiger partial charge is 0.339 e. The second-order valence-corrected chi connectivity index (χ2v) is 4.36. The van der Waals surface area contributed by atoms with Gasteiger partial charge in [-0.2, -0.15) is 5.10 Å². The van der Waals surface area contributed by atoms with E-state index in [4.69, 9.17) is 9.52 Å². The Morgan fingerprint density at radius 3 is 2.67 bits per heavy atom. The number of furan rings is 1. The van der Waals surface area contributed by atoms with Crippen molar-refractivity contribution in [1.29, 1.82) is 0 Å². The Kier molecular flexibility index (Phi) is 4.21. The summed E-state index contributed by atoms with van der Waals surface area (Å²) >= 11 is 0. The molecule has 0 fully saturated rings. The zero-order valence-electron chi connectivity index (χ0n) is 11.6. The summed E-state index contributed by atoms with van der Waals surface area (Å²) in [7, 11) is 1.73. The number of nitrogens with zero attached hydrogens (tertiary/aromatic N) is 3. The third kappa shape index (κ3) is 3.81. The molecule has 2 aromatic rings. The molecular weight excluding hydrogens is 278 g/mol. The quantitative estimate of drug-likeness (QED) is 0.734. The fraction of sp³-hybridized carbons (Fsp3) is 0.333. The van der Waals surface area contributed by atoms with Crippen LogP contribution >= 0.6 is 0 Å². The van der Waals surface area contributed by atoms with Crippen LogP contribution in [0.5, 0.6) is 0 Å². The Balaban J connectivity index is 1.81. The van der Waals surface area contributed by atoms with Crippen molar-refractivity contribution in [3.05, 3.63) is 35.3 Å². The Labute approximate surface area is 120 Å². The molecule has 3 N–H and O–H groups in total. The average Bonchev–Trinajstić information content (AvgIpc) is 3.00. The number of amides is 2. The molecule has 0 aliphatic carbocycles. The number of aromatic carboxylic acids is 1. The van der Waals surface area contributed by atoms with Gasteiger partial charge in [0.2, 0.25) is 0 Å². The summed E-state index contributed by atoms with van der Waals surface area (Å²) in [6, 6.07) is 0.964. The lowest BCUT2D eigenvalue weighted by Gasteiger charge is -2.04. The highest BCUT2D eigenvalue weighted by Crippen LogP contribution is 2.14. The van der Waals surface area contributed by atoms with Gasteiger partial charge >= 0.3 is 12.0 Å². The van der Waals surface area contributed by atoms with Crippen molar-refractivity contribution in [2.45, 2.75) is 20.0 Å². The van der Waals surface area contributed by atoms with Crippen molar-refractivity contribution in [3.8, 4) is 0 Å². The van der Waals surface area contributed by atoms with Crippen LogP contribution < -0.4 is 10.6 Å². The maximum Gasteiger partial charge on any atom is 0.339 e. The molecular formula is C12H15N5O4. The lowest BCUT2D eigenvalue weighted by molar-refractivity contribution is 0.0695. The van der Waals surface area contributed by atoms with Gasteiger partial charge in [0.1, 0.15) is 23.4 Å². The Bertz CT molecular complexity index is 660. The summed E-state index contributed by atoms with van der Waals surface area (Å²) < 4.78 is 6.78. The molecule has 0 spiro atoms. The van der Waals surface area contributed by atoms with Gasteiger partial charge in [-0.1, -0.05) is 0 Å². The summed E-state index contributed by atoms with van der Waals surface area (Å²) in [5.41, 5.74) is 0.0879. The first-order chi connectivity index (χ1) is 9.95. The number of nitrogens with one attached hydrogen (secondary N) is 2. The zero-order valence-corrected chi connectivity index (χ0v) is 11.6. The van der Waals surface area contributed by atoms with E-state index in [0.717, 1.165) is 0 Å². The molecule has 2 aromatic heterocycles. The van der Waals surface area contributed by atoms with Crippen LogP contribution in [0.15, 0.2) is 16.8 Å². The van der Waals surface area contributed by atoms with Crippen LogP contribution in [0.4, 0.5) is 4.79 Å². The summed E-state index contributed by atoms with van der Waals surface area (Å²) in [6.45, 7) is 1.85. The second kappa shape index (κ2) is 6.07. The molecule has 2 rings (SSSR count). The molecule has 9 nitrogen and oxygen atoms in total. The van der Waals surface area contributed by atoms with Gasteiger partial charge in [-0.15, -0.1) is 0 Å². The topological polar surface area (TPSA) is 122 Å². The number of hydrogen-bond donors (Lipinski definition) is 3. The molecule has 0 radical (unpaired) electrons. The molecule has 0 aromatic carbocycles. The van der Waals surface area contributed by atoms with Crippen LogP contribution in [0, 0.1) is 6.92 Å². The van der Waals surface area contributed by atoms with E-state index in [1.165, 1.54) is 17.1 Å². The number of carboxylic acid groups (broad SMARTS) is 1. The maximum atomic E-state index is 11.6. The minimum atomic E-state index is -1.06. The number of hydrogen-bond acceptors (Lipinski definition) is 5. The third-order valence-electron chi connectivity index (χ3n) is 2.68. The first kappa shape index (κ1) is 14.6. The normalized spacial score (nSPS) is 10.4. The van der Waals surface area contributed by atoms with E-state index in [1.54, 1.807) is 14.0 Å². The molecule has 2 heterocycles. The second-order valence-electron chi connectivity index (χ2n) is 4.36. The molecule has 0 atom stereocenters. The number of aryl methyl sites for hydroxylation is 2. The number of aromatic nitrogens is 3. The van der Waals surface area contributed by atoms with Crippen molar-refractivity contribution >= 4 is 12.0 Å². The molecule has 21 heavy (non-hydrogen) atoms. The standard InChI is InChI=1S/C12H15N5O4/c1-7-9(11(18)19)3-8(21-7)4-13-12(20)14-5-10-15-6-17(2)16-10/h3,6H,4-5H2,1-2H3,(H,18,19)(H2,13,14,20). The summed E-state index contributed by atoms with van der Waals surface area (Å²) in [6.07, 6.45) is 1.54. The molecule has 9 heteroatoms. The van der Waals surface area contributed by atoms with Crippen LogP contribution in [0.3, 0.4) is 0 Å². The Morgan fingerprint density at radius 1 is 1.38 bits per heavy atom. The summed E-state index contributed by atoms with van der Waals surface area (Å²) in [5, 5.41) is 18.0. The van der Waals surface area contributed by atoms with Crippen molar-refractivity contribution in [2.24, 2.45) is 7.05 Å². The van der Waals surface area contributed by atoms with Gasteiger partial charge in [0, 0.05) is 7.05 Å². The van der Waals surface area contributed by atoms with E-state index >= 15 is 0 Å². The number of rotatable bonds is 5. The van der Waals surface area contributed by atoms with E-state index in [9.17, 15) is 9.59 Å². The molecule has 0 saturated carbocycles. The first-order valence-electron chi connectivity index (χ1n) is 6.14. The highest BCUT2D eigenvalue weighted by molar-refractivity contribution is 5.88. The Hall–Kier alpha value is -2.84. The van der Waals surface area contributed by atoms with Gasteiger partial charge in [-0.3, -0.25) is 4.68 Å². The average molecular weight is 293 g/mol. The molecule has 0 unspecified atom stereocenters. The van der Waals surface area contributed by atoms with Crippen molar-refractivity contribution < 1.29 is 19.1 Å². The van der Waals surface area contributed by atoms with E-state index in [-0.39, 0.29) is 18.7 Å². The highest BCUT2D eigenvalue weighted by Gasteiger charge is 2.14. The van der Waals surface area contributed by atoms with Gasteiger partial charge in [-0.25, -0.2) is 14.6 Å². The SMILES string of the molecule is Cc1oc(CNC(=O)NCc2ncn(C)n2)cc1C(=O)O. The van der Waals surface area contributed by atoms with Crippen molar-refractivity contribution in [2.75, 3.05) is 0 Å². The predicted molar refractivity (Wildman–Crippen MR) is 70.5 cm³/mol. The molecule has 0 aliphatic rings. The van der Waals surface area contributed by atoms with E-state index < -0.39 is 12.0 Å². The number of carboxylic acids is 1. The molecule has 0 aliphatic heterocycles. The monoisotopic (exact) mass is 293 g/mol. The number of carbonyl (C=O) groups excluding carboxylic acids is 1. The zero-order chi connectivity index (χ0) is 15.4. The van der Waals surface area contributed by atoms with Gasteiger partial charge < -0.3 is 20.2 Å². The highest BCUT2D eigenvalue weighted by atomic mass is 16.4. The van der Waals surface area contributed by atoms with Gasteiger partial charge in [0.25, 0.3) is 0 Å². The predicted octanol–water partition coefficient (Wildman–Crippen LogP) is 0.414. The fourth-order valence-corrected chi connectivity index (χ4v) is 1.70. The minimum Gasteiger partial charge on any atom is -0.478 e. The van der Waals surface area contributed by atoms with E-state index in [1.807, 2.05) is 0 Å². The lowest BCUT2D eigenvalue weighted by atomic mass is 10.2. The van der Waals surface area contributed by atoms with E-state index in [0.29, 0.717) is 17.3 Å². The molecule has 0 saturated heterocycles. The van der Waals surface area contributed by atoms with Crippen LogP contribution in [-0.4, -0.2) is 31.9 Å². The van der Waals surface area contributed by atoms with Crippen LogP contribution in [0.2, 0.25) is 0 Å². The van der Waals surface area contributed by atoms with Gasteiger partial charge in [0.05, 0.1) is 13.1 Å². The number of urea groups is 1. The lowest BCUT2D eigenvalue weighted by Crippen LogP contribution is -2.34.